The van der Waals surface area contributed by atoms with E-state index in [-0.39, 0.29) is 22.6 Å². The van der Waals surface area contributed by atoms with Crippen molar-refractivity contribution in [3.05, 3.63) is 41.1 Å². The van der Waals surface area contributed by atoms with Crippen LogP contribution in [-0.2, 0) is 0 Å². The molecule has 0 aliphatic carbocycles. The molecule has 0 aliphatic heterocycles. The van der Waals surface area contributed by atoms with Crippen LogP contribution in [0.1, 0.15) is 16.1 Å². The van der Waals surface area contributed by atoms with E-state index in [1.807, 2.05) is 0 Å². The van der Waals surface area contributed by atoms with E-state index < -0.39 is 17.6 Å². The van der Waals surface area contributed by atoms with Crippen LogP contribution in [-0.4, -0.2) is 16.2 Å². The lowest BCUT2D eigenvalue weighted by Crippen LogP contribution is -2.00. The lowest BCUT2D eigenvalue weighted by atomic mass is 10.1. The van der Waals surface area contributed by atoms with Gasteiger partial charge in [-0.15, -0.1) is 0 Å². The molecule has 0 radical (unpaired) electrons. The van der Waals surface area contributed by atoms with Crippen LogP contribution in [0.4, 0.5) is 8.78 Å². The van der Waals surface area contributed by atoms with E-state index >= 15 is 0 Å². The van der Waals surface area contributed by atoms with Crippen LogP contribution in [0.2, 0.25) is 0 Å². The minimum Gasteiger partial charge on any atom is -0.477 e. The number of aromatic nitrogens is 1. The molecule has 0 spiro atoms. The molecule has 1 aromatic heterocycles. The van der Waals surface area contributed by atoms with E-state index in [4.69, 9.17) is 9.63 Å². The molecule has 1 N–H and O–H groups in total. The molecule has 0 saturated carbocycles. The molecular weight excluding hydrogens is 232 g/mol. The van der Waals surface area contributed by atoms with E-state index in [9.17, 15) is 13.6 Å². The number of aromatic carboxylic acids is 1. The summed E-state index contributed by atoms with van der Waals surface area (Å²) >= 11 is 0. The Labute approximate surface area is 94.5 Å². The van der Waals surface area contributed by atoms with Crippen LogP contribution < -0.4 is 0 Å². The Bertz CT molecular complexity index is 592. The normalized spacial score (nSPS) is 10.5. The summed E-state index contributed by atoms with van der Waals surface area (Å²) in [7, 11) is 0. The van der Waals surface area contributed by atoms with Gasteiger partial charge >= 0.3 is 5.97 Å². The molecular formula is C11H7F2NO3. The highest BCUT2D eigenvalue weighted by Gasteiger charge is 2.23. The topological polar surface area (TPSA) is 63.3 Å². The average Bonchev–Trinajstić information content (AvgIpc) is 2.64. The molecule has 0 saturated heterocycles. The molecule has 1 heterocycles. The van der Waals surface area contributed by atoms with Crippen molar-refractivity contribution < 1.29 is 23.2 Å². The van der Waals surface area contributed by atoms with Gasteiger partial charge in [-0.2, -0.15) is 0 Å². The van der Waals surface area contributed by atoms with Crippen molar-refractivity contribution >= 4 is 5.97 Å². The zero-order valence-corrected chi connectivity index (χ0v) is 8.70. The highest BCUT2D eigenvalue weighted by molar-refractivity contribution is 5.95. The van der Waals surface area contributed by atoms with Gasteiger partial charge in [0.1, 0.15) is 17.2 Å². The number of carboxylic acid groups (broad SMARTS) is 1. The molecule has 0 fully saturated rings. The summed E-state index contributed by atoms with van der Waals surface area (Å²) in [5, 5.41) is 12.4. The molecule has 0 amide bonds. The van der Waals surface area contributed by atoms with E-state index in [1.165, 1.54) is 6.92 Å². The summed E-state index contributed by atoms with van der Waals surface area (Å²) in [5.74, 6) is -3.05. The van der Waals surface area contributed by atoms with Crippen LogP contribution in [0, 0.1) is 18.6 Å². The maximum absolute atomic E-state index is 13.5. The van der Waals surface area contributed by atoms with Crippen molar-refractivity contribution in [2.45, 2.75) is 6.92 Å². The predicted octanol–water partition coefficient (Wildman–Crippen LogP) is 2.63. The number of halogens is 2. The van der Waals surface area contributed by atoms with Crippen LogP contribution in [0.15, 0.2) is 22.7 Å². The lowest BCUT2D eigenvalue weighted by molar-refractivity contribution is 0.0696. The second-order valence-corrected chi connectivity index (χ2v) is 3.40. The predicted molar refractivity (Wildman–Crippen MR) is 53.6 cm³/mol. The van der Waals surface area contributed by atoms with Crippen molar-refractivity contribution in [3.8, 4) is 11.3 Å². The van der Waals surface area contributed by atoms with Crippen LogP contribution in [0.3, 0.4) is 0 Å². The molecule has 4 nitrogen and oxygen atoms in total. The van der Waals surface area contributed by atoms with Gasteiger partial charge in [-0.3, -0.25) is 0 Å². The van der Waals surface area contributed by atoms with Crippen LogP contribution in [0.5, 0.6) is 0 Å². The van der Waals surface area contributed by atoms with E-state index in [1.54, 1.807) is 0 Å². The average molecular weight is 239 g/mol. The van der Waals surface area contributed by atoms with Crippen molar-refractivity contribution in [3.63, 3.8) is 0 Å². The van der Waals surface area contributed by atoms with Gasteiger partial charge in [-0.1, -0.05) is 5.16 Å². The molecule has 2 aromatic rings. The minimum absolute atomic E-state index is 0.108. The highest BCUT2D eigenvalue weighted by Crippen LogP contribution is 2.28. The number of nitrogens with zero attached hydrogens (tertiary/aromatic N) is 1. The van der Waals surface area contributed by atoms with Crippen LogP contribution in [0.25, 0.3) is 11.3 Å². The third-order valence-corrected chi connectivity index (χ3v) is 2.25. The zero-order chi connectivity index (χ0) is 12.6. The van der Waals surface area contributed by atoms with E-state index in [0.717, 1.165) is 18.2 Å². The smallest absolute Gasteiger partial charge is 0.341 e. The van der Waals surface area contributed by atoms with Gasteiger partial charge in [0.15, 0.2) is 5.76 Å². The number of hydrogen-bond acceptors (Lipinski definition) is 3. The molecule has 88 valence electrons. The summed E-state index contributed by atoms with van der Waals surface area (Å²) in [6.45, 7) is 1.41. The Morgan fingerprint density at radius 3 is 2.76 bits per heavy atom. The Kier molecular flexibility index (Phi) is 2.63. The second-order valence-electron chi connectivity index (χ2n) is 3.40. The summed E-state index contributed by atoms with van der Waals surface area (Å²) in [5.41, 5.74) is -0.423. The second kappa shape index (κ2) is 3.97. The zero-order valence-electron chi connectivity index (χ0n) is 8.70. The van der Waals surface area contributed by atoms with Gasteiger partial charge < -0.3 is 9.63 Å². The van der Waals surface area contributed by atoms with Gasteiger partial charge in [0.05, 0.1) is 11.3 Å². The Morgan fingerprint density at radius 2 is 2.12 bits per heavy atom. The standard InChI is InChI=1S/C11H7F2NO3/c1-5-9(11(15)16)10(17-14-5)7-4-6(12)2-3-8(7)13/h2-4H,1H3,(H,15,16). The van der Waals surface area contributed by atoms with Gasteiger partial charge in [-0.05, 0) is 25.1 Å². The highest BCUT2D eigenvalue weighted by atomic mass is 19.1. The molecule has 1 aromatic carbocycles. The summed E-state index contributed by atoms with van der Waals surface area (Å²) in [6.07, 6.45) is 0. The van der Waals surface area contributed by atoms with Gasteiger partial charge in [0.2, 0.25) is 0 Å². The fourth-order valence-electron chi connectivity index (χ4n) is 1.48. The van der Waals surface area contributed by atoms with Gasteiger partial charge in [0.25, 0.3) is 0 Å². The Morgan fingerprint density at radius 1 is 1.41 bits per heavy atom. The first-order chi connectivity index (χ1) is 8.00. The molecule has 2 rings (SSSR count). The number of benzene rings is 1. The fraction of sp³-hybridized carbons (Fsp3) is 0.0909. The van der Waals surface area contributed by atoms with Crippen molar-refractivity contribution in [1.29, 1.82) is 0 Å². The van der Waals surface area contributed by atoms with Crippen molar-refractivity contribution in [2.24, 2.45) is 0 Å². The summed E-state index contributed by atoms with van der Waals surface area (Å²) < 4.78 is 31.2. The number of aryl methyl sites for hydroxylation is 1. The fourth-order valence-corrected chi connectivity index (χ4v) is 1.48. The van der Waals surface area contributed by atoms with Gasteiger partial charge in [-0.25, -0.2) is 13.6 Å². The molecule has 0 aliphatic rings. The molecule has 0 atom stereocenters. The molecule has 17 heavy (non-hydrogen) atoms. The third kappa shape index (κ3) is 1.89. The largest absolute Gasteiger partial charge is 0.477 e. The first-order valence-corrected chi connectivity index (χ1v) is 4.65. The molecule has 0 bridgehead atoms. The Hall–Kier alpha value is -2.24. The monoisotopic (exact) mass is 239 g/mol. The molecule has 0 unspecified atom stereocenters. The van der Waals surface area contributed by atoms with E-state index in [0.29, 0.717) is 0 Å². The number of hydrogen-bond donors (Lipinski definition) is 1. The first kappa shape index (κ1) is 11.3. The number of rotatable bonds is 2. The quantitative estimate of drug-likeness (QED) is 0.874. The summed E-state index contributed by atoms with van der Waals surface area (Å²) in [4.78, 5) is 11.0. The third-order valence-electron chi connectivity index (χ3n) is 2.25. The maximum atomic E-state index is 13.5. The Balaban J connectivity index is 2.68. The minimum atomic E-state index is -1.30. The number of carboxylic acids is 1. The molecule has 6 heteroatoms. The van der Waals surface area contributed by atoms with Crippen molar-refractivity contribution in [2.75, 3.05) is 0 Å². The SMILES string of the molecule is Cc1noc(-c2cc(F)ccc2F)c1C(=O)O. The summed E-state index contributed by atoms with van der Waals surface area (Å²) in [6, 6.07) is 2.69. The van der Waals surface area contributed by atoms with E-state index in [2.05, 4.69) is 5.16 Å². The first-order valence-electron chi connectivity index (χ1n) is 4.65. The lowest BCUT2D eigenvalue weighted by Gasteiger charge is -2.00. The van der Waals surface area contributed by atoms with Gasteiger partial charge in [0, 0.05) is 0 Å². The van der Waals surface area contributed by atoms with Crippen LogP contribution >= 0.6 is 0 Å². The van der Waals surface area contributed by atoms with Crippen molar-refractivity contribution in [1.82, 2.24) is 5.16 Å². The number of carbonyl (C=O) groups is 1. The maximum Gasteiger partial charge on any atom is 0.341 e.